The largest absolute Gasteiger partial charge is 0.462 e. The Morgan fingerprint density at radius 1 is 1.12 bits per heavy atom. The van der Waals surface area contributed by atoms with Gasteiger partial charge in [-0.25, -0.2) is 0 Å². The average Bonchev–Trinajstić information content (AvgIpc) is 3.41. The van der Waals surface area contributed by atoms with Crippen LogP contribution in [0, 0.1) is 23.7 Å². The molecular weight excluding hydrogens is 644 g/mol. The zero-order valence-electron chi connectivity index (χ0n) is 30.8. The van der Waals surface area contributed by atoms with Gasteiger partial charge in [0.25, 0.3) is 0 Å². The molecule has 0 unspecified atom stereocenters. The Labute approximate surface area is 296 Å². The number of aliphatic hydroxyl groups excluding tert-OH is 2. The van der Waals surface area contributed by atoms with E-state index < -0.39 is 89.9 Å². The third-order valence-electron chi connectivity index (χ3n) is 11.3. The number of rotatable bonds is 4. The summed E-state index contributed by atoms with van der Waals surface area (Å²) >= 11 is 0. The average molecular weight is 701 g/mol. The summed E-state index contributed by atoms with van der Waals surface area (Å²) in [6, 6.07) is 0. The van der Waals surface area contributed by atoms with Gasteiger partial charge in [0.15, 0.2) is 0 Å². The number of fused-ring (bicyclic) bond motifs is 2. The highest BCUT2D eigenvalue weighted by atomic mass is 16.7. The highest BCUT2D eigenvalue weighted by Gasteiger charge is 2.62. The fraction of sp³-hybridized carbons (Fsp3) is 0.692. The zero-order chi connectivity index (χ0) is 36.7. The molecule has 278 valence electrons. The highest BCUT2D eigenvalue weighted by molar-refractivity contribution is 5.78. The van der Waals surface area contributed by atoms with Gasteiger partial charge in [0.05, 0.1) is 30.8 Å². The first-order valence-electron chi connectivity index (χ1n) is 17.9. The monoisotopic (exact) mass is 700 g/mol. The minimum Gasteiger partial charge on any atom is -0.462 e. The van der Waals surface area contributed by atoms with Crippen LogP contribution in [0.2, 0.25) is 0 Å². The summed E-state index contributed by atoms with van der Waals surface area (Å²) in [5, 5.41) is 35.7. The van der Waals surface area contributed by atoms with Gasteiger partial charge >= 0.3 is 11.9 Å². The van der Waals surface area contributed by atoms with E-state index in [1.54, 1.807) is 32.1 Å². The lowest BCUT2D eigenvalue weighted by molar-refractivity contribution is -0.380. The molecule has 0 aromatic rings. The minimum atomic E-state index is -1.76. The lowest BCUT2D eigenvalue weighted by Gasteiger charge is -2.54. The van der Waals surface area contributed by atoms with E-state index in [1.165, 1.54) is 7.11 Å². The van der Waals surface area contributed by atoms with Gasteiger partial charge in [0, 0.05) is 31.8 Å². The first kappa shape index (κ1) is 38.6. The second kappa shape index (κ2) is 15.1. The van der Waals surface area contributed by atoms with E-state index in [9.17, 15) is 24.9 Å². The van der Waals surface area contributed by atoms with Crippen LogP contribution in [0.1, 0.15) is 74.7 Å². The van der Waals surface area contributed by atoms with Crippen LogP contribution in [0.3, 0.4) is 0 Å². The molecule has 11 nitrogen and oxygen atoms in total. The molecule has 13 atom stereocenters. The summed E-state index contributed by atoms with van der Waals surface area (Å²) in [5.41, 5.74) is 1.05. The van der Waals surface area contributed by atoms with Crippen molar-refractivity contribution in [2.24, 2.45) is 23.7 Å². The normalized spacial score (nSPS) is 45.5. The molecule has 11 heteroatoms. The Morgan fingerprint density at radius 2 is 1.84 bits per heavy atom. The topological polar surface area (TPSA) is 150 Å². The molecule has 0 aromatic heterocycles. The maximum absolute atomic E-state index is 14.3. The van der Waals surface area contributed by atoms with Crippen LogP contribution < -0.4 is 0 Å². The van der Waals surface area contributed by atoms with E-state index >= 15 is 0 Å². The summed E-state index contributed by atoms with van der Waals surface area (Å²) in [7, 11) is 1.54. The predicted molar refractivity (Wildman–Crippen MR) is 184 cm³/mol. The second-order valence-electron chi connectivity index (χ2n) is 15.1. The zero-order valence-corrected chi connectivity index (χ0v) is 30.8. The van der Waals surface area contributed by atoms with Crippen molar-refractivity contribution in [1.29, 1.82) is 0 Å². The number of carbonyl (C=O) groups is 2. The smallest absolute Gasteiger partial charge is 0.316 e. The van der Waals surface area contributed by atoms with Gasteiger partial charge in [-0.2, -0.15) is 0 Å². The molecule has 3 fully saturated rings. The molecule has 5 rings (SSSR count). The van der Waals surface area contributed by atoms with Gasteiger partial charge in [-0.3, -0.25) is 9.59 Å². The third kappa shape index (κ3) is 7.07. The van der Waals surface area contributed by atoms with E-state index in [1.807, 2.05) is 59.8 Å². The van der Waals surface area contributed by atoms with Crippen molar-refractivity contribution in [3.8, 4) is 0 Å². The van der Waals surface area contributed by atoms with Gasteiger partial charge < -0.3 is 43.7 Å². The van der Waals surface area contributed by atoms with Crippen molar-refractivity contribution in [2.75, 3.05) is 13.7 Å². The van der Waals surface area contributed by atoms with Crippen molar-refractivity contribution in [2.45, 2.75) is 135 Å². The lowest BCUT2D eigenvalue weighted by atomic mass is 9.70. The van der Waals surface area contributed by atoms with Gasteiger partial charge in [0.1, 0.15) is 42.0 Å². The number of methoxy groups -OCH3 is 1. The number of esters is 2. The summed E-state index contributed by atoms with van der Waals surface area (Å²) in [4.78, 5) is 27.3. The Kier molecular flexibility index (Phi) is 11.7. The van der Waals surface area contributed by atoms with Crippen LogP contribution in [-0.2, 0) is 38.0 Å². The maximum Gasteiger partial charge on any atom is 0.316 e. The molecule has 0 radical (unpaired) electrons. The number of hydrogen-bond donors (Lipinski definition) is 3. The summed E-state index contributed by atoms with van der Waals surface area (Å²) in [6.07, 6.45) is 4.77. The first-order chi connectivity index (χ1) is 23.6. The molecule has 2 bridgehead atoms. The van der Waals surface area contributed by atoms with E-state index in [2.05, 4.69) is 0 Å². The molecule has 0 amide bonds. The molecule has 4 heterocycles. The number of carbonyl (C=O) groups excluding carboxylic acids is 2. The predicted octanol–water partition coefficient (Wildman–Crippen LogP) is 4.25. The van der Waals surface area contributed by atoms with Crippen LogP contribution in [0.25, 0.3) is 0 Å². The van der Waals surface area contributed by atoms with Gasteiger partial charge in [0.2, 0.25) is 5.79 Å². The molecule has 0 aromatic carbocycles. The maximum atomic E-state index is 14.3. The van der Waals surface area contributed by atoms with E-state index in [0.717, 1.165) is 16.7 Å². The standard InChI is InChI=1S/C39H56O11/c1-10-21(4)31-25(8)33(48-36(42)20(2)3)34(41)38(50-31)18-28-17-27(49-38)15-14-23(6)30(40)22(5)12-11-13-26-19-46-35-32(45-9)24(7)16-29(37(43)47-28)39(26,35)44/h10-14,16,20,22,25,27-35,40-41,44H,15,17-19H2,1-9H3/b12-11-,21-10+,23-14-,26-13-/t22-,25+,27+,28-,29-,30+,31+,32+,33-,34+,35+,38-,39+/m0/s1. The number of hydrogen-bond acceptors (Lipinski definition) is 11. The van der Waals surface area contributed by atoms with Gasteiger partial charge in [-0.1, -0.05) is 64.2 Å². The molecule has 4 aliphatic heterocycles. The summed E-state index contributed by atoms with van der Waals surface area (Å²) in [5.74, 6) is -5.06. The number of aliphatic hydroxyl groups is 3. The molecule has 50 heavy (non-hydrogen) atoms. The second-order valence-corrected chi connectivity index (χ2v) is 15.1. The molecule has 0 saturated carbocycles. The van der Waals surface area contributed by atoms with Crippen molar-refractivity contribution < 1.29 is 53.3 Å². The van der Waals surface area contributed by atoms with Crippen molar-refractivity contribution in [1.82, 2.24) is 0 Å². The van der Waals surface area contributed by atoms with E-state index in [-0.39, 0.29) is 25.4 Å². The number of ether oxygens (including phenoxy) is 6. The molecule has 3 N–H and O–H groups in total. The minimum absolute atomic E-state index is 0.0470. The van der Waals surface area contributed by atoms with Crippen LogP contribution in [0.5, 0.6) is 0 Å². The Bertz CT molecular complexity index is 1440. The molecule has 5 aliphatic rings. The quantitative estimate of drug-likeness (QED) is 0.285. The fourth-order valence-electron chi connectivity index (χ4n) is 8.09. The first-order valence-corrected chi connectivity index (χ1v) is 17.9. The summed E-state index contributed by atoms with van der Waals surface area (Å²) < 4.78 is 37.5. The van der Waals surface area contributed by atoms with Crippen molar-refractivity contribution in [3.05, 3.63) is 58.7 Å². The Morgan fingerprint density at radius 3 is 2.50 bits per heavy atom. The third-order valence-corrected chi connectivity index (χ3v) is 11.3. The van der Waals surface area contributed by atoms with Crippen LogP contribution >= 0.6 is 0 Å². The van der Waals surface area contributed by atoms with Gasteiger partial charge in [-0.05, 0) is 56.4 Å². The van der Waals surface area contributed by atoms with Crippen LogP contribution in [-0.4, -0.2) is 101 Å². The Balaban J connectivity index is 1.60. The van der Waals surface area contributed by atoms with Crippen molar-refractivity contribution in [3.63, 3.8) is 0 Å². The van der Waals surface area contributed by atoms with Crippen molar-refractivity contribution >= 4 is 11.9 Å². The lowest BCUT2D eigenvalue weighted by Crippen LogP contribution is -2.67. The molecule has 1 spiro atoms. The Hall–Kier alpha value is -2.64. The summed E-state index contributed by atoms with van der Waals surface area (Å²) in [6.45, 7) is 14.8. The van der Waals surface area contributed by atoms with Gasteiger partial charge in [-0.15, -0.1) is 0 Å². The molecule has 1 aliphatic carbocycles. The van der Waals surface area contributed by atoms with Crippen LogP contribution in [0.15, 0.2) is 58.7 Å². The number of allylic oxidation sites excluding steroid dienone is 3. The highest BCUT2D eigenvalue weighted by Crippen LogP contribution is 2.48. The molecule has 3 saturated heterocycles. The van der Waals surface area contributed by atoms with E-state index in [0.29, 0.717) is 12.0 Å². The van der Waals surface area contributed by atoms with E-state index in [4.69, 9.17) is 28.4 Å². The molecular formula is C39H56O11. The SMILES string of the molecule is C/C=C(\C)[C@H]1O[C@@]2(C[C@@H]3C[C@@H](C/C=C(/C)[C@H](O)[C@@H](C)/C=C\C=C4\CO[C@@H]5[C@H](OC)C(C)=C[C@@H](C(=O)O3)[C@]45O)O2)[C@H](O)[C@@H](OC(=O)C(C)C)[C@@H]1C. The van der Waals surface area contributed by atoms with Crippen LogP contribution in [0.4, 0.5) is 0 Å². The fourth-order valence-corrected chi connectivity index (χ4v) is 8.09.